The molecule has 0 aromatic heterocycles. The molecule has 1 saturated heterocycles. The highest BCUT2D eigenvalue weighted by Crippen LogP contribution is 2.33. The second-order valence-electron chi connectivity index (χ2n) is 6.14. The van der Waals surface area contributed by atoms with E-state index in [1.807, 2.05) is 26.0 Å². The number of nitrogens with zero attached hydrogens (tertiary/aromatic N) is 1. The van der Waals surface area contributed by atoms with Gasteiger partial charge in [-0.3, -0.25) is 19.3 Å². The third-order valence-corrected chi connectivity index (χ3v) is 5.00. The second-order valence-corrected chi connectivity index (χ2v) is 7.14. The van der Waals surface area contributed by atoms with Crippen LogP contribution < -0.4 is 10.1 Å². The molecule has 1 aromatic carbocycles. The molecule has 7 nitrogen and oxygen atoms in total. The van der Waals surface area contributed by atoms with Gasteiger partial charge in [0.2, 0.25) is 5.91 Å². The summed E-state index contributed by atoms with van der Waals surface area (Å²) in [7, 11) is 3.19. The summed E-state index contributed by atoms with van der Waals surface area (Å²) in [5.41, 5.74) is 2.70. The summed E-state index contributed by atoms with van der Waals surface area (Å²) in [6, 6.07) is 3.80. The standard InChI is InChI=1S/C19H24N2O5S/c1-12-9-15(26-4)13(2)8-14(12)10-16-18(23)21(19(24)27-16)11-17(22)20-6-5-7-25-3/h8-10H,5-7,11H2,1-4H3,(H,20,22)/b16-10-. The van der Waals surface area contributed by atoms with E-state index in [2.05, 4.69) is 5.32 Å². The lowest BCUT2D eigenvalue weighted by molar-refractivity contribution is -0.129. The van der Waals surface area contributed by atoms with E-state index in [4.69, 9.17) is 9.47 Å². The number of benzene rings is 1. The molecule has 0 saturated carbocycles. The van der Waals surface area contributed by atoms with Gasteiger partial charge in [0.05, 0.1) is 12.0 Å². The fourth-order valence-corrected chi connectivity index (χ4v) is 3.44. The second kappa shape index (κ2) is 9.57. The van der Waals surface area contributed by atoms with Gasteiger partial charge in [0.15, 0.2) is 0 Å². The molecule has 1 heterocycles. The summed E-state index contributed by atoms with van der Waals surface area (Å²) in [5.74, 6) is -0.0565. The number of rotatable bonds is 8. The van der Waals surface area contributed by atoms with Crippen molar-refractivity contribution in [2.75, 3.05) is 33.9 Å². The molecule has 0 spiro atoms. The van der Waals surface area contributed by atoms with E-state index in [-0.39, 0.29) is 12.5 Å². The molecule has 8 heteroatoms. The minimum atomic E-state index is -0.454. The Hall–Kier alpha value is -2.32. The fourth-order valence-electron chi connectivity index (χ4n) is 2.61. The quantitative estimate of drug-likeness (QED) is 0.540. The Bertz CT molecular complexity index is 776. The van der Waals surface area contributed by atoms with Gasteiger partial charge in [-0.05, 0) is 66.9 Å². The molecule has 0 atom stereocenters. The van der Waals surface area contributed by atoms with Crippen LogP contribution in [0.4, 0.5) is 4.79 Å². The molecule has 3 amide bonds. The van der Waals surface area contributed by atoms with Crippen molar-refractivity contribution in [3.63, 3.8) is 0 Å². The van der Waals surface area contributed by atoms with E-state index in [1.165, 1.54) is 0 Å². The molecule has 27 heavy (non-hydrogen) atoms. The van der Waals surface area contributed by atoms with Crippen LogP contribution in [-0.4, -0.2) is 55.9 Å². The molecule has 0 bridgehead atoms. The van der Waals surface area contributed by atoms with E-state index >= 15 is 0 Å². The highest BCUT2D eigenvalue weighted by atomic mass is 32.2. The number of carbonyl (C=O) groups excluding carboxylic acids is 3. The summed E-state index contributed by atoms with van der Waals surface area (Å²) in [4.78, 5) is 37.9. The predicted octanol–water partition coefficient (Wildman–Crippen LogP) is 2.50. The Labute approximate surface area is 163 Å². The molecule has 1 fully saturated rings. The number of methoxy groups -OCH3 is 2. The molecular weight excluding hydrogens is 368 g/mol. The number of nitrogens with one attached hydrogen (secondary N) is 1. The first-order valence-corrected chi connectivity index (χ1v) is 9.35. The van der Waals surface area contributed by atoms with Crippen molar-refractivity contribution < 1.29 is 23.9 Å². The summed E-state index contributed by atoms with van der Waals surface area (Å²) in [6.07, 6.45) is 2.35. The van der Waals surface area contributed by atoms with Crippen molar-refractivity contribution in [2.24, 2.45) is 0 Å². The summed E-state index contributed by atoms with van der Waals surface area (Å²) >= 11 is 0.842. The van der Waals surface area contributed by atoms with Crippen LogP contribution in [0.1, 0.15) is 23.1 Å². The molecule has 0 radical (unpaired) electrons. The normalized spacial score (nSPS) is 15.6. The number of aryl methyl sites for hydroxylation is 2. The zero-order valence-electron chi connectivity index (χ0n) is 16.0. The minimum Gasteiger partial charge on any atom is -0.496 e. The van der Waals surface area contributed by atoms with E-state index in [0.717, 1.165) is 39.1 Å². The lowest BCUT2D eigenvalue weighted by atomic mass is 10.0. The zero-order valence-corrected chi connectivity index (χ0v) is 16.8. The molecule has 1 aliphatic rings. The van der Waals surface area contributed by atoms with Gasteiger partial charge < -0.3 is 14.8 Å². The highest BCUT2D eigenvalue weighted by Gasteiger charge is 2.36. The largest absolute Gasteiger partial charge is 0.496 e. The fraction of sp³-hybridized carbons (Fsp3) is 0.421. The number of carbonyl (C=O) groups is 3. The maximum Gasteiger partial charge on any atom is 0.294 e. The Morgan fingerprint density at radius 2 is 1.96 bits per heavy atom. The third kappa shape index (κ3) is 5.33. The number of ether oxygens (including phenoxy) is 2. The highest BCUT2D eigenvalue weighted by molar-refractivity contribution is 8.18. The summed E-state index contributed by atoms with van der Waals surface area (Å²) in [5, 5.41) is 2.23. The molecule has 146 valence electrons. The van der Waals surface area contributed by atoms with Crippen LogP contribution in [0.3, 0.4) is 0 Å². The number of imide groups is 1. The number of thioether (sulfide) groups is 1. The predicted molar refractivity (Wildman–Crippen MR) is 105 cm³/mol. The third-order valence-electron chi connectivity index (χ3n) is 4.09. The first-order chi connectivity index (χ1) is 12.9. The van der Waals surface area contributed by atoms with Crippen molar-refractivity contribution in [1.82, 2.24) is 10.2 Å². The van der Waals surface area contributed by atoms with Gasteiger partial charge >= 0.3 is 0 Å². The van der Waals surface area contributed by atoms with Crippen LogP contribution in [0.25, 0.3) is 6.08 Å². The van der Waals surface area contributed by atoms with E-state index in [9.17, 15) is 14.4 Å². The van der Waals surface area contributed by atoms with Gasteiger partial charge in [-0.1, -0.05) is 0 Å². The van der Waals surface area contributed by atoms with Crippen molar-refractivity contribution >= 4 is 34.9 Å². The van der Waals surface area contributed by atoms with E-state index in [0.29, 0.717) is 24.5 Å². The number of hydrogen-bond donors (Lipinski definition) is 1. The van der Waals surface area contributed by atoms with Crippen LogP contribution in [-0.2, 0) is 14.3 Å². The summed E-state index contributed by atoms with van der Waals surface area (Å²) < 4.78 is 10.2. The van der Waals surface area contributed by atoms with E-state index < -0.39 is 11.1 Å². The van der Waals surface area contributed by atoms with Gasteiger partial charge in [-0.2, -0.15) is 0 Å². The minimum absolute atomic E-state index is 0.282. The molecule has 0 unspecified atom stereocenters. The Morgan fingerprint density at radius 1 is 1.22 bits per heavy atom. The van der Waals surface area contributed by atoms with Gasteiger partial charge in [-0.25, -0.2) is 0 Å². The van der Waals surface area contributed by atoms with Gasteiger partial charge in [0.1, 0.15) is 12.3 Å². The van der Waals surface area contributed by atoms with Crippen LogP contribution in [0, 0.1) is 13.8 Å². The van der Waals surface area contributed by atoms with Crippen molar-refractivity contribution in [2.45, 2.75) is 20.3 Å². The number of amides is 3. The molecule has 0 aliphatic carbocycles. The average molecular weight is 392 g/mol. The topological polar surface area (TPSA) is 84.9 Å². The summed E-state index contributed by atoms with van der Waals surface area (Å²) in [6.45, 7) is 4.50. The Balaban J connectivity index is 2.08. The van der Waals surface area contributed by atoms with Gasteiger partial charge in [0, 0.05) is 20.3 Å². The average Bonchev–Trinajstić information content (AvgIpc) is 2.89. The maximum atomic E-state index is 12.5. The van der Waals surface area contributed by atoms with Crippen molar-refractivity contribution in [3.8, 4) is 5.75 Å². The molecule has 2 rings (SSSR count). The Kier molecular flexibility index (Phi) is 7.44. The van der Waals surface area contributed by atoms with Crippen LogP contribution in [0.5, 0.6) is 5.75 Å². The first-order valence-electron chi connectivity index (χ1n) is 8.53. The lowest BCUT2D eigenvalue weighted by Crippen LogP contribution is -2.39. The number of hydrogen-bond acceptors (Lipinski definition) is 6. The van der Waals surface area contributed by atoms with Crippen LogP contribution in [0.15, 0.2) is 17.0 Å². The first kappa shape index (κ1) is 21.0. The Morgan fingerprint density at radius 3 is 2.63 bits per heavy atom. The van der Waals surface area contributed by atoms with Crippen molar-refractivity contribution in [3.05, 3.63) is 33.7 Å². The lowest BCUT2D eigenvalue weighted by Gasteiger charge is -2.12. The molecule has 1 N–H and O–H groups in total. The smallest absolute Gasteiger partial charge is 0.294 e. The zero-order chi connectivity index (χ0) is 20.0. The van der Waals surface area contributed by atoms with Crippen molar-refractivity contribution in [1.29, 1.82) is 0 Å². The SMILES string of the molecule is COCCCNC(=O)CN1C(=O)S/C(=C\c2cc(C)c(OC)cc2C)C1=O. The maximum absolute atomic E-state index is 12.5. The van der Waals surface area contributed by atoms with Gasteiger partial charge in [-0.15, -0.1) is 0 Å². The monoisotopic (exact) mass is 392 g/mol. The molecule has 1 aromatic rings. The molecule has 1 aliphatic heterocycles. The molecular formula is C19H24N2O5S. The van der Waals surface area contributed by atoms with Crippen LogP contribution >= 0.6 is 11.8 Å². The van der Waals surface area contributed by atoms with Gasteiger partial charge in [0.25, 0.3) is 11.1 Å². The van der Waals surface area contributed by atoms with Crippen LogP contribution in [0.2, 0.25) is 0 Å². The van der Waals surface area contributed by atoms with E-state index in [1.54, 1.807) is 20.3 Å².